The summed E-state index contributed by atoms with van der Waals surface area (Å²) in [4.78, 5) is 17.4. The van der Waals surface area contributed by atoms with Crippen molar-refractivity contribution in [2.24, 2.45) is 4.99 Å². The topological polar surface area (TPSA) is 81.2 Å². The molecule has 0 radical (unpaired) electrons. The molecule has 0 aliphatic carbocycles. The molecular formula is C22H25N3O4. The standard InChI is InChI=1S/C22H25N3O4/c1-14-8-15(2)10-17(9-14)24-22(23-12-18-4-3-7-27-18)25-21(26)16-5-6-19-20(11-16)29-13-28-19/h5-6,8-11,18H,3-4,7,12-13H2,1-2H3,(H2,23,24,25,26)/t18-/m1/s1. The van der Waals surface area contributed by atoms with Gasteiger partial charge in [0, 0.05) is 17.9 Å². The van der Waals surface area contributed by atoms with E-state index in [1.54, 1.807) is 18.2 Å². The van der Waals surface area contributed by atoms with Crippen LogP contribution < -0.4 is 20.1 Å². The average Bonchev–Trinajstić information content (AvgIpc) is 3.36. The number of hydrogen-bond donors (Lipinski definition) is 2. The van der Waals surface area contributed by atoms with Gasteiger partial charge in [-0.15, -0.1) is 0 Å². The van der Waals surface area contributed by atoms with Gasteiger partial charge in [0.25, 0.3) is 5.91 Å². The summed E-state index contributed by atoms with van der Waals surface area (Å²) in [6.45, 7) is 5.50. The quantitative estimate of drug-likeness (QED) is 0.613. The number of hydrogen-bond acceptors (Lipinski definition) is 5. The van der Waals surface area contributed by atoms with Gasteiger partial charge >= 0.3 is 0 Å². The number of ether oxygens (including phenoxy) is 3. The molecule has 7 heteroatoms. The number of rotatable bonds is 4. The number of aliphatic imine (C=N–C) groups is 1. The lowest BCUT2D eigenvalue weighted by Crippen LogP contribution is -2.36. The van der Waals surface area contributed by atoms with Crippen LogP contribution in [0.4, 0.5) is 5.69 Å². The molecule has 152 valence electrons. The zero-order valence-corrected chi connectivity index (χ0v) is 16.7. The van der Waals surface area contributed by atoms with Gasteiger partial charge in [0.05, 0.1) is 12.6 Å². The first-order valence-corrected chi connectivity index (χ1v) is 9.79. The molecule has 0 unspecified atom stereocenters. The van der Waals surface area contributed by atoms with Gasteiger partial charge in [-0.3, -0.25) is 10.1 Å². The van der Waals surface area contributed by atoms with Crippen LogP contribution in [-0.4, -0.2) is 37.9 Å². The summed E-state index contributed by atoms with van der Waals surface area (Å²) in [6.07, 6.45) is 2.12. The molecule has 1 fully saturated rings. The highest BCUT2D eigenvalue weighted by molar-refractivity contribution is 6.10. The van der Waals surface area contributed by atoms with Crippen LogP contribution in [-0.2, 0) is 4.74 Å². The molecule has 29 heavy (non-hydrogen) atoms. The van der Waals surface area contributed by atoms with Gasteiger partial charge in [0.2, 0.25) is 12.8 Å². The van der Waals surface area contributed by atoms with E-state index in [9.17, 15) is 4.79 Å². The second-order valence-corrected chi connectivity index (χ2v) is 7.35. The van der Waals surface area contributed by atoms with E-state index in [0.29, 0.717) is 29.6 Å². The van der Waals surface area contributed by atoms with Gasteiger partial charge < -0.3 is 19.5 Å². The zero-order chi connectivity index (χ0) is 20.2. The van der Waals surface area contributed by atoms with Crippen molar-refractivity contribution in [1.29, 1.82) is 0 Å². The van der Waals surface area contributed by atoms with Crippen molar-refractivity contribution in [3.8, 4) is 11.5 Å². The highest BCUT2D eigenvalue weighted by Crippen LogP contribution is 2.32. The van der Waals surface area contributed by atoms with Crippen LogP contribution >= 0.6 is 0 Å². The molecule has 7 nitrogen and oxygen atoms in total. The molecule has 0 saturated carbocycles. The first-order valence-electron chi connectivity index (χ1n) is 9.79. The summed E-state index contributed by atoms with van der Waals surface area (Å²) >= 11 is 0. The third kappa shape index (κ3) is 4.86. The summed E-state index contributed by atoms with van der Waals surface area (Å²) < 4.78 is 16.3. The second kappa shape index (κ2) is 8.53. The predicted molar refractivity (Wildman–Crippen MR) is 111 cm³/mol. The number of fused-ring (bicyclic) bond motifs is 1. The molecule has 1 atom stereocenters. The van der Waals surface area contributed by atoms with E-state index in [-0.39, 0.29) is 18.8 Å². The summed E-state index contributed by atoms with van der Waals surface area (Å²) in [5, 5.41) is 6.13. The minimum Gasteiger partial charge on any atom is -0.454 e. The van der Waals surface area contributed by atoms with Crippen LogP contribution in [0.1, 0.15) is 34.3 Å². The van der Waals surface area contributed by atoms with E-state index in [1.165, 1.54) is 0 Å². The number of nitrogens with zero attached hydrogens (tertiary/aromatic N) is 1. The number of carbonyl (C=O) groups excluding carboxylic acids is 1. The highest BCUT2D eigenvalue weighted by Gasteiger charge is 2.18. The molecule has 2 aromatic carbocycles. The molecule has 0 aromatic heterocycles. The van der Waals surface area contributed by atoms with Crippen LogP contribution in [0.5, 0.6) is 11.5 Å². The van der Waals surface area contributed by atoms with Crippen molar-refractivity contribution < 1.29 is 19.0 Å². The van der Waals surface area contributed by atoms with Gasteiger partial charge in [-0.2, -0.15) is 0 Å². The van der Waals surface area contributed by atoms with Crippen molar-refractivity contribution in [2.75, 3.05) is 25.3 Å². The SMILES string of the molecule is Cc1cc(C)cc(NC(=NC[C@H]2CCCO2)NC(=O)c2ccc3c(c2)OCO3)c1. The summed E-state index contributed by atoms with van der Waals surface area (Å²) in [7, 11) is 0. The number of carbonyl (C=O) groups is 1. The molecular weight excluding hydrogens is 370 g/mol. The molecule has 0 spiro atoms. The van der Waals surface area contributed by atoms with E-state index >= 15 is 0 Å². The van der Waals surface area contributed by atoms with E-state index in [0.717, 1.165) is 36.3 Å². The maximum atomic E-state index is 12.8. The van der Waals surface area contributed by atoms with Crippen LogP contribution in [0.25, 0.3) is 0 Å². The third-order valence-electron chi connectivity index (χ3n) is 4.83. The smallest absolute Gasteiger partial charge is 0.258 e. The van der Waals surface area contributed by atoms with Gasteiger partial charge in [0.15, 0.2) is 11.5 Å². The van der Waals surface area contributed by atoms with Crippen LogP contribution in [0, 0.1) is 13.8 Å². The van der Waals surface area contributed by atoms with Crippen molar-refractivity contribution >= 4 is 17.6 Å². The maximum absolute atomic E-state index is 12.8. The van der Waals surface area contributed by atoms with Gasteiger partial charge in [0.1, 0.15) is 0 Å². The molecule has 2 N–H and O–H groups in total. The Labute approximate surface area is 170 Å². The van der Waals surface area contributed by atoms with Crippen molar-refractivity contribution in [3.63, 3.8) is 0 Å². The predicted octanol–water partition coefficient (Wildman–Crippen LogP) is 3.41. The third-order valence-corrected chi connectivity index (χ3v) is 4.83. The molecule has 0 bridgehead atoms. The van der Waals surface area contributed by atoms with Gasteiger partial charge in [-0.05, 0) is 68.1 Å². The Bertz CT molecular complexity index is 915. The molecule has 4 rings (SSSR count). The average molecular weight is 395 g/mol. The lowest BCUT2D eigenvalue weighted by atomic mass is 10.1. The maximum Gasteiger partial charge on any atom is 0.258 e. The lowest BCUT2D eigenvalue weighted by molar-refractivity contribution is 0.0975. The first-order chi connectivity index (χ1) is 14.1. The Morgan fingerprint density at radius 1 is 1.10 bits per heavy atom. The monoisotopic (exact) mass is 395 g/mol. The van der Waals surface area contributed by atoms with Gasteiger partial charge in [-0.25, -0.2) is 4.99 Å². The first kappa shape index (κ1) is 19.3. The van der Waals surface area contributed by atoms with Crippen molar-refractivity contribution in [1.82, 2.24) is 5.32 Å². The van der Waals surface area contributed by atoms with Crippen molar-refractivity contribution in [2.45, 2.75) is 32.8 Å². The van der Waals surface area contributed by atoms with E-state index in [4.69, 9.17) is 14.2 Å². The van der Waals surface area contributed by atoms with Crippen LogP contribution in [0.3, 0.4) is 0 Å². The summed E-state index contributed by atoms with van der Waals surface area (Å²) in [6, 6.07) is 11.2. The summed E-state index contributed by atoms with van der Waals surface area (Å²) in [5.41, 5.74) is 3.61. The fraction of sp³-hybridized carbons (Fsp3) is 0.364. The van der Waals surface area contributed by atoms with Gasteiger partial charge in [-0.1, -0.05) is 6.07 Å². The minimum atomic E-state index is -0.272. The fourth-order valence-corrected chi connectivity index (χ4v) is 3.49. The van der Waals surface area contributed by atoms with Crippen LogP contribution in [0.2, 0.25) is 0 Å². The molecule has 1 amide bonds. The second-order valence-electron chi connectivity index (χ2n) is 7.35. The summed E-state index contributed by atoms with van der Waals surface area (Å²) in [5.74, 6) is 1.33. The van der Waals surface area contributed by atoms with E-state index in [1.807, 2.05) is 26.0 Å². The Hall–Kier alpha value is -3.06. The Balaban J connectivity index is 1.52. The Morgan fingerprint density at radius 2 is 1.90 bits per heavy atom. The number of guanidine groups is 1. The highest BCUT2D eigenvalue weighted by atomic mass is 16.7. The number of anilines is 1. The normalized spacial score (nSPS) is 18.0. The zero-order valence-electron chi connectivity index (χ0n) is 16.7. The van der Waals surface area contributed by atoms with Crippen molar-refractivity contribution in [3.05, 3.63) is 53.1 Å². The Morgan fingerprint density at radius 3 is 2.66 bits per heavy atom. The largest absolute Gasteiger partial charge is 0.454 e. The minimum absolute atomic E-state index is 0.0912. The molecule has 2 aliphatic rings. The molecule has 2 aliphatic heterocycles. The number of benzene rings is 2. The Kier molecular flexibility index (Phi) is 5.67. The lowest BCUT2D eigenvalue weighted by Gasteiger charge is -2.14. The van der Waals surface area contributed by atoms with E-state index in [2.05, 4.69) is 21.7 Å². The van der Waals surface area contributed by atoms with E-state index < -0.39 is 0 Å². The fourth-order valence-electron chi connectivity index (χ4n) is 3.49. The number of amides is 1. The molecule has 2 heterocycles. The molecule has 1 saturated heterocycles. The molecule has 2 aromatic rings. The van der Waals surface area contributed by atoms with Crippen LogP contribution in [0.15, 0.2) is 41.4 Å². The number of nitrogens with one attached hydrogen (secondary N) is 2. The number of aryl methyl sites for hydroxylation is 2.